The molecule has 5 nitrogen and oxygen atoms in total. The number of carbonyl (C=O) groups excluding carboxylic acids is 1. The Labute approximate surface area is 120 Å². The fraction of sp³-hybridized carbons (Fsp3) is 0.533. The van der Waals surface area contributed by atoms with E-state index in [0.717, 1.165) is 5.56 Å². The highest BCUT2D eigenvalue weighted by Crippen LogP contribution is 2.10. The van der Waals surface area contributed by atoms with Gasteiger partial charge in [0, 0.05) is 6.54 Å². The van der Waals surface area contributed by atoms with E-state index in [9.17, 15) is 9.90 Å². The van der Waals surface area contributed by atoms with Crippen LogP contribution in [0, 0.1) is 0 Å². The van der Waals surface area contributed by atoms with Gasteiger partial charge in [-0.15, -0.1) is 0 Å². The summed E-state index contributed by atoms with van der Waals surface area (Å²) in [5.74, 6) is 0. The Morgan fingerprint density at radius 1 is 1.35 bits per heavy atom. The molecule has 20 heavy (non-hydrogen) atoms. The number of alkyl carbamates (subject to hydrolysis) is 1. The third-order valence-corrected chi connectivity index (χ3v) is 2.71. The molecule has 1 amide bonds. The Morgan fingerprint density at radius 2 is 1.95 bits per heavy atom. The molecule has 0 saturated heterocycles. The first kappa shape index (κ1) is 16.5. The van der Waals surface area contributed by atoms with Crippen LogP contribution in [-0.2, 0) is 11.2 Å². The zero-order valence-corrected chi connectivity index (χ0v) is 12.3. The third kappa shape index (κ3) is 6.04. The molecule has 0 aromatic heterocycles. The van der Waals surface area contributed by atoms with Gasteiger partial charge < -0.3 is 20.9 Å². The zero-order valence-electron chi connectivity index (χ0n) is 12.3. The maximum Gasteiger partial charge on any atom is 0.407 e. The summed E-state index contributed by atoms with van der Waals surface area (Å²) in [5.41, 5.74) is 5.93. The Morgan fingerprint density at radius 3 is 2.45 bits per heavy atom. The predicted molar refractivity (Wildman–Crippen MR) is 78.4 cm³/mol. The van der Waals surface area contributed by atoms with Gasteiger partial charge >= 0.3 is 6.09 Å². The van der Waals surface area contributed by atoms with Crippen LogP contribution in [0.15, 0.2) is 30.3 Å². The van der Waals surface area contributed by atoms with Crippen LogP contribution in [0.2, 0.25) is 0 Å². The summed E-state index contributed by atoms with van der Waals surface area (Å²) in [6.07, 6.45) is -0.869. The summed E-state index contributed by atoms with van der Waals surface area (Å²) in [7, 11) is 0. The first-order valence-corrected chi connectivity index (χ1v) is 6.73. The van der Waals surface area contributed by atoms with Crippen LogP contribution in [0.1, 0.15) is 26.3 Å². The number of amides is 1. The molecule has 0 spiro atoms. The number of hydrogen-bond acceptors (Lipinski definition) is 4. The summed E-state index contributed by atoms with van der Waals surface area (Å²) in [5, 5.41) is 12.6. The molecule has 0 aliphatic rings. The van der Waals surface area contributed by atoms with Crippen LogP contribution in [-0.4, -0.2) is 35.5 Å². The smallest absolute Gasteiger partial charge is 0.407 e. The van der Waals surface area contributed by atoms with Crippen molar-refractivity contribution in [2.45, 2.75) is 44.9 Å². The van der Waals surface area contributed by atoms with E-state index in [1.165, 1.54) is 0 Å². The minimum atomic E-state index is -0.817. The monoisotopic (exact) mass is 280 g/mol. The molecule has 1 rings (SSSR count). The van der Waals surface area contributed by atoms with Gasteiger partial charge in [-0.25, -0.2) is 4.79 Å². The van der Waals surface area contributed by atoms with E-state index in [2.05, 4.69) is 5.32 Å². The molecule has 1 aromatic rings. The first-order chi connectivity index (χ1) is 9.31. The van der Waals surface area contributed by atoms with Crippen LogP contribution in [0.3, 0.4) is 0 Å². The number of ether oxygens (including phenoxy) is 1. The molecule has 112 valence electrons. The van der Waals surface area contributed by atoms with Gasteiger partial charge in [-0.1, -0.05) is 30.3 Å². The lowest BCUT2D eigenvalue weighted by atomic mass is 10.0. The van der Waals surface area contributed by atoms with Gasteiger partial charge in [-0.3, -0.25) is 0 Å². The maximum absolute atomic E-state index is 11.8. The van der Waals surface area contributed by atoms with Crippen molar-refractivity contribution in [1.82, 2.24) is 5.32 Å². The number of nitrogens with one attached hydrogen (secondary N) is 1. The Kier molecular flexibility index (Phi) is 5.98. The normalized spacial score (nSPS) is 14.4. The largest absolute Gasteiger partial charge is 0.444 e. The summed E-state index contributed by atoms with van der Waals surface area (Å²) < 4.78 is 5.20. The van der Waals surface area contributed by atoms with Crippen LogP contribution in [0.4, 0.5) is 4.79 Å². The number of benzene rings is 1. The van der Waals surface area contributed by atoms with Crippen molar-refractivity contribution >= 4 is 6.09 Å². The molecular formula is C15H24N2O3. The average molecular weight is 280 g/mol. The summed E-state index contributed by atoms with van der Waals surface area (Å²) in [6.45, 7) is 5.45. The van der Waals surface area contributed by atoms with Crippen molar-refractivity contribution in [1.29, 1.82) is 0 Å². The molecule has 0 heterocycles. The van der Waals surface area contributed by atoms with E-state index in [1.54, 1.807) is 20.8 Å². The Balaban J connectivity index is 2.68. The molecule has 5 heteroatoms. The topological polar surface area (TPSA) is 84.6 Å². The number of carbonyl (C=O) groups is 1. The fourth-order valence-electron chi connectivity index (χ4n) is 1.77. The molecule has 4 N–H and O–H groups in total. The molecule has 0 fully saturated rings. The molecule has 0 bridgehead atoms. The number of rotatable bonds is 5. The van der Waals surface area contributed by atoms with Gasteiger partial charge in [0.25, 0.3) is 0 Å². The highest BCUT2D eigenvalue weighted by Gasteiger charge is 2.24. The fourth-order valence-corrected chi connectivity index (χ4v) is 1.77. The van der Waals surface area contributed by atoms with Crippen molar-refractivity contribution in [3.8, 4) is 0 Å². The van der Waals surface area contributed by atoms with Crippen molar-refractivity contribution in [3.63, 3.8) is 0 Å². The Bertz CT molecular complexity index is 415. The number of aliphatic hydroxyl groups excluding tert-OH is 1. The van der Waals surface area contributed by atoms with E-state index >= 15 is 0 Å². The average Bonchev–Trinajstić information content (AvgIpc) is 2.36. The van der Waals surface area contributed by atoms with E-state index in [-0.39, 0.29) is 6.54 Å². The quantitative estimate of drug-likeness (QED) is 0.762. The number of hydrogen-bond donors (Lipinski definition) is 3. The van der Waals surface area contributed by atoms with Crippen LogP contribution in [0.25, 0.3) is 0 Å². The maximum atomic E-state index is 11.8. The van der Waals surface area contributed by atoms with E-state index < -0.39 is 23.8 Å². The molecule has 0 saturated carbocycles. The third-order valence-electron chi connectivity index (χ3n) is 2.71. The highest BCUT2D eigenvalue weighted by molar-refractivity contribution is 5.68. The Hall–Kier alpha value is -1.59. The SMILES string of the molecule is CC(C)(C)OC(=O)N[C@H](Cc1ccccc1)[C@H](O)CN. The zero-order chi connectivity index (χ0) is 15.2. The number of aliphatic hydroxyl groups is 1. The van der Waals surface area contributed by atoms with Crippen LogP contribution >= 0.6 is 0 Å². The second-order valence-electron chi connectivity index (χ2n) is 5.75. The molecular weight excluding hydrogens is 256 g/mol. The minimum Gasteiger partial charge on any atom is -0.444 e. The summed E-state index contributed by atoms with van der Waals surface area (Å²) >= 11 is 0. The summed E-state index contributed by atoms with van der Waals surface area (Å²) in [4.78, 5) is 11.8. The van der Waals surface area contributed by atoms with Crippen LogP contribution in [0.5, 0.6) is 0 Å². The van der Waals surface area contributed by atoms with Crippen molar-refractivity contribution in [2.24, 2.45) is 5.73 Å². The van der Waals surface area contributed by atoms with Crippen molar-refractivity contribution < 1.29 is 14.6 Å². The lowest BCUT2D eigenvalue weighted by molar-refractivity contribution is 0.0430. The lowest BCUT2D eigenvalue weighted by Crippen LogP contribution is -2.49. The van der Waals surface area contributed by atoms with Gasteiger partial charge in [-0.05, 0) is 32.8 Å². The lowest BCUT2D eigenvalue weighted by Gasteiger charge is -2.26. The first-order valence-electron chi connectivity index (χ1n) is 6.73. The predicted octanol–water partition coefficient (Wildman–Crippen LogP) is 1.44. The van der Waals surface area contributed by atoms with E-state index in [4.69, 9.17) is 10.5 Å². The van der Waals surface area contributed by atoms with Crippen molar-refractivity contribution in [2.75, 3.05) is 6.54 Å². The minimum absolute atomic E-state index is 0.0767. The van der Waals surface area contributed by atoms with Gasteiger partial charge in [0.15, 0.2) is 0 Å². The van der Waals surface area contributed by atoms with Gasteiger partial charge in [0.1, 0.15) is 5.60 Å². The van der Waals surface area contributed by atoms with Gasteiger partial charge in [0.05, 0.1) is 12.1 Å². The second-order valence-corrected chi connectivity index (χ2v) is 5.75. The van der Waals surface area contributed by atoms with E-state index in [1.807, 2.05) is 30.3 Å². The molecule has 1 aromatic carbocycles. The van der Waals surface area contributed by atoms with Gasteiger partial charge in [0.2, 0.25) is 0 Å². The second kappa shape index (κ2) is 7.26. The molecule has 2 atom stereocenters. The van der Waals surface area contributed by atoms with Gasteiger partial charge in [-0.2, -0.15) is 0 Å². The summed E-state index contributed by atoms with van der Waals surface area (Å²) in [6, 6.07) is 9.14. The number of nitrogens with two attached hydrogens (primary N) is 1. The molecule has 0 radical (unpaired) electrons. The van der Waals surface area contributed by atoms with E-state index in [0.29, 0.717) is 6.42 Å². The molecule has 0 aliphatic carbocycles. The van der Waals surface area contributed by atoms with Crippen molar-refractivity contribution in [3.05, 3.63) is 35.9 Å². The highest BCUT2D eigenvalue weighted by atomic mass is 16.6. The molecule has 0 aliphatic heterocycles. The van der Waals surface area contributed by atoms with Crippen LogP contribution < -0.4 is 11.1 Å². The standard InChI is InChI=1S/C15H24N2O3/c1-15(2,3)20-14(19)17-12(13(18)10-16)9-11-7-5-4-6-8-11/h4-8,12-13,18H,9-10,16H2,1-3H3,(H,17,19)/t12-,13-/m1/s1. The molecule has 0 unspecified atom stereocenters.